The lowest BCUT2D eigenvalue weighted by atomic mass is 10.2. The maximum atomic E-state index is 13.7. The molecule has 4 heterocycles. The number of nitrogens with zero attached hydrogens (tertiary/aromatic N) is 2. The Morgan fingerprint density at radius 3 is 1.89 bits per heavy atom. The Bertz CT molecular complexity index is 1630. The number of aliphatic imine (C=N–C) groups is 1. The van der Waals surface area contributed by atoms with Crippen molar-refractivity contribution in [1.29, 1.82) is 0 Å². The number of thiophene rings is 2. The highest BCUT2D eigenvalue weighted by molar-refractivity contribution is 8.15. The lowest BCUT2D eigenvalue weighted by molar-refractivity contribution is 0.0187. The van der Waals surface area contributed by atoms with E-state index in [0.29, 0.717) is 31.0 Å². The molecule has 2 unspecified atom stereocenters. The number of ketones is 5. The van der Waals surface area contributed by atoms with Crippen LogP contribution in [0.5, 0.6) is 0 Å². The lowest BCUT2D eigenvalue weighted by Gasteiger charge is -2.05. The molecule has 2 atom stereocenters. The molecule has 0 aromatic carbocycles. The fourth-order valence-corrected chi connectivity index (χ4v) is 9.32. The van der Waals surface area contributed by atoms with Gasteiger partial charge in [-0.15, -0.1) is 34.0 Å². The van der Waals surface area contributed by atoms with E-state index in [1.165, 1.54) is 23.9 Å². The molecule has 3 aliphatic carbocycles. The Balaban J connectivity index is 1.20. The minimum absolute atomic E-state index is 0.149. The topological polar surface area (TPSA) is 111 Å². The van der Waals surface area contributed by atoms with Crippen LogP contribution < -0.4 is 0 Å². The third kappa shape index (κ3) is 2.55. The van der Waals surface area contributed by atoms with Crippen LogP contribution in [-0.2, 0) is 0 Å². The molecule has 0 saturated carbocycles. The number of carbonyl (C=O) groups is 5. The zero-order valence-corrected chi connectivity index (χ0v) is 20.2. The van der Waals surface area contributed by atoms with E-state index in [1.807, 2.05) is 0 Å². The van der Waals surface area contributed by atoms with Crippen LogP contribution in [0, 0.1) is 0 Å². The van der Waals surface area contributed by atoms with Crippen molar-refractivity contribution in [2.75, 3.05) is 0 Å². The first-order chi connectivity index (χ1) is 16.9. The Kier molecular flexibility index (Phi) is 4.16. The summed E-state index contributed by atoms with van der Waals surface area (Å²) in [5, 5.41) is 0.131. The van der Waals surface area contributed by atoms with E-state index in [0.717, 1.165) is 22.7 Å². The number of rotatable bonds is 2. The molecule has 3 aromatic heterocycles. The van der Waals surface area contributed by atoms with Gasteiger partial charge in [-0.1, -0.05) is 11.8 Å². The average molecular weight is 569 g/mol. The van der Waals surface area contributed by atoms with Crippen molar-refractivity contribution in [3.05, 3.63) is 48.5 Å². The number of alkyl halides is 4. The van der Waals surface area contributed by atoms with Gasteiger partial charge in [0, 0.05) is 11.1 Å². The Morgan fingerprint density at radius 1 is 0.750 bits per heavy atom. The van der Waals surface area contributed by atoms with Gasteiger partial charge in [-0.3, -0.25) is 29.0 Å². The number of Topliss-reactive ketones (excluding diaryl/α,β-unsaturated/α-hetero) is 5. The molecule has 4 aliphatic rings. The molecule has 0 bridgehead atoms. The first-order valence-electron chi connectivity index (χ1n) is 9.94. The number of aromatic nitrogens is 1. The third-order valence-corrected chi connectivity index (χ3v) is 11.3. The van der Waals surface area contributed by atoms with Gasteiger partial charge in [-0.05, 0) is 12.1 Å². The van der Waals surface area contributed by atoms with Crippen LogP contribution in [0.4, 0.5) is 17.6 Å². The molecule has 0 fully saturated rings. The number of hydrogen-bond acceptors (Lipinski definition) is 11. The first-order valence-corrected chi connectivity index (χ1v) is 13.3. The van der Waals surface area contributed by atoms with Gasteiger partial charge in [0.2, 0.25) is 17.3 Å². The van der Waals surface area contributed by atoms with Crippen molar-refractivity contribution in [2.45, 2.75) is 23.1 Å². The van der Waals surface area contributed by atoms with Crippen molar-refractivity contribution in [1.82, 2.24) is 4.98 Å². The number of hydrogen-bond donors (Lipinski definition) is 0. The number of fused-ring (bicyclic) bond motifs is 5. The molecule has 36 heavy (non-hydrogen) atoms. The van der Waals surface area contributed by atoms with Crippen LogP contribution >= 0.6 is 45.8 Å². The fourth-order valence-electron chi connectivity index (χ4n) is 4.37. The van der Waals surface area contributed by atoms with Crippen molar-refractivity contribution in [3.8, 4) is 9.88 Å². The molecule has 7 nitrogen and oxygen atoms in total. The molecule has 7 rings (SSSR count). The lowest BCUT2D eigenvalue weighted by Crippen LogP contribution is -2.30. The highest BCUT2D eigenvalue weighted by Gasteiger charge is 2.58. The van der Waals surface area contributed by atoms with E-state index >= 15 is 0 Å². The van der Waals surface area contributed by atoms with Crippen LogP contribution in [0.1, 0.15) is 65.6 Å². The Morgan fingerprint density at radius 2 is 1.31 bits per heavy atom. The fraction of sp³-hybridized carbons (Fsp3) is 0.190. The van der Waals surface area contributed by atoms with Crippen molar-refractivity contribution in [2.24, 2.45) is 4.99 Å². The van der Waals surface area contributed by atoms with Crippen LogP contribution in [-0.4, -0.2) is 56.8 Å². The Labute approximate surface area is 212 Å². The summed E-state index contributed by atoms with van der Waals surface area (Å²) in [6, 6.07) is 1.54. The molecule has 0 saturated heterocycles. The summed E-state index contributed by atoms with van der Waals surface area (Å²) < 4.78 is 54.8. The van der Waals surface area contributed by atoms with Gasteiger partial charge in [0.05, 0.1) is 29.6 Å². The van der Waals surface area contributed by atoms with E-state index in [1.54, 1.807) is 0 Å². The van der Waals surface area contributed by atoms with Crippen molar-refractivity contribution >= 4 is 79.7 Å². The summed E-state index contributed by atoms with van der Waals surface area (Å²) in [4.78, 5) is 69.7. The summed E-state index contributed by atoms with van der Waals surface area (Å²) in [7, 11) is 0. The van der Waals surface area contributed by atoms with E-state index in [4.69, 9.17) is 0 Å². The number of halogens is 4. The predicted molar refractivity (Wildman–Crippen MR) is 122 cm³/mol. The van der Waals surface area contributed by atoms with Crippen LogP contribution in [0.2, 0.25) is 0 Å². The summed E-state index contributed by atoms with van der Waals surface area (Å²) >= 11 is 3.71. The molecule has 3 aromatic rings. The van der Waals surface area contributed by atoms with E-state index in [2.05, 4.69) is 9.98 Å². The molecule has 0 amide bonds. The van der Waals surface area contributed by atoms with Gasteiger partial charge in [0.15, 0.2) is 0 Å². The monoisotopic (exact) mass is 568 g/mol. The standard InChI is InChI=1S/C21H4F4N2O5S4/c22-20(23)14(29)3-1-5(33-10(3)16(20)31)18-26-7-9(28)8-13(12(7)35-18)36-19(27-8)6-2-4-11(34-6)17(32)21(24,25)15(4)30/h1-2,7,12H. The third-order valence-electron chi connectivity index (χ3n) is 6.12. The average Bonchev–Trinajstić information content (AvgIpc) is 3.66. The Hall–Kier alpha value is -2.88. The quantitative estimate of drug-likeness (QED) is 0.324. The van der Waals surface area contributed by atoms with E-state index < -0.39 is 52.1 Å². The van der Waals surface area contributed by atoms with Crippen LogP contribution in [0.3, 0.4) is 0 Å². The van der Waals surface area contributed by atoms with Gasteiger partial charge in [0.25, 0.3) is 11.6 Å². The number of thiazole rings is 1. The highest BCUT2D eigenvalue weighted by Crippen LogP contribution is 2.54. The maximum absolute atomic E-state index is 13.7. The molecule has 0 spiro atoms. The van der Waals surface area contributed by atoms with Gasteiger partial charge in [-0.25, -0.2) is 4.98 Å². The summed E-state index contributed by atoms with van der Waals surface area (Å²) in [5.74, 6) is -14.8. The second-order valence-corrected chi connectivity index (χ2v) is 12.5. The smallest absolute Gasteiger partial charge is 0.290 e. The van der Waals surface area contributed by atoms with Gasteiger partial charge in [-0.2, -0.15) is 17.6 Å². The van der Waals surface area contributed by atoms with Crippen molar-refractivity contribution < 1.29 is 41.5 Å². The van der Waals surface area contributed by atoms with Gasteiger partial charge in [0.1, 0.15) is 21.8 Å². The van der Waals surface area contributed by atoms with Gasteiger partial charge >= 0.3 is 11.8 Å². The van der Waals surface area contributed by atoms with E-state index in [-0.39, 0.29) is 31.6 Å². The molecular formula is C21H4F4N2O5S4. The maximum Gasteiger partial charge on any atom is 0.372 e. The molecular weight excluding hydrogens is 565 g/mol. The molecule has 1 aliphatic heterocycles. The summed E-state index contributed by atoms with van der Waals surface area (Å²) in [6.07, 6.45) is 0. The molecule has 0 radical (unpaired) electrons. The van der Waals surface area contributed by atoms with E-state index in [9.17, 15) is 41.5 Å². The summed E-state index contributed by atoms with van der Waals surface area (Å²) in [6.45, 7) is 0. The minimum atomic E-state index is -4.07. The number of carbonyl (C=O) groups excluding carboxylic acids is 5. The first kappa shape index (κ1) is 22.3. The zero-order valence-electron chi connectivity index (χ0n) is 16.9. The molecule has 15 heteroatoms. The SMILES string of the molecule is O=C1c2nc(-c3cc4c(s3)C(=O)C(F)(F)C4=O)sc2C2SC(c3cc4c(s3)C(=O)C(F)(F)C4=O)=NC12. The number of thioether (sulfide) groups is 1. The second-order valence-electron chi connectivity index (χ2n) is 8.19. The molecule has 0 N–H and O–H groups in total. The largest absolute Gasteiger partial charge is 0.372 e. The van der Waals surface area contributed by atoms with Crippen LogP contribution in [0.25, 0.3) is 9.88 Å². The zero-order chi connectivity index (χ0) is 25.5. The second kappa shape index (κ2) is 6.70. The minimum Gasteiger partial charge on any atom is -0.290 e. The van der Waals surface area contributed by atoms with Crippen LogP contribution in [0.15, 0.2) is 17.1 Å². The van der Waals surface area contributed by atoms with Gasteiger partial charge < -0.3 is 0 Å². The highest BCUT2D eigenvalue weighted by atomic mass is 32.2. The van der Waals surface area contributed by atoms with Crippen molar-refractivity contribution in [3.63, 3.8) is 0 Å². The molecule has 180 valence electrons. The normalized spacial score (nSPS) is 24.9. The summed E-state index contributed by atoms with van der Waals surface area (Å²) in [5.41, 5.74) is -0.584. The predicted octanol–water partition coefficient (Wildman–Crippen LogP) is 4.76.